The first-order valence-corrected chi connectivity index (χ1v) is 7.96. The van der Waals surface area contributed by atoms with E-state index in [0.29, 0.717) is 16.2 Å². The van der Waals surface area contributed by atoms with Crippen molar-refractivity contribution in [2.75, 3.05) is 4.90 Å². The molecule has 0 atom stereocenters. The van der Waals surface area contributed by atoms with Gasteiger partial charge in [0.15, 0.2) is 0 Å². The summed E-state index contributed by atoms with van der Waals surface area (Å²) in [5, 5.41) is 10.3. The van der Waals surface area contributed by atoms with E-state index < -0.39 is 10.7 Å². The standard InChI is InChI=1S/C16H9FN2O3S2/c17-11-2-1-3-13(9-11)18-15(23)14(24-16(18)20)8-10-4-6-12(7-5-10)19(21)22/h1-9H/b14-8-. The lowest BCUT2D eigenvalue weighted by molar-refractivity contribution is -0.384. The molecule has 5 nitrogen and oxygen atoms in total. The van der Waals surface area contributed by atoms with Crippen molar-refractivity contribution in [3.05, 3.63) is 74.9 Å². The smallest absolute Gasteiger partial charge is 0.261 e. The van der Waals surface area contributed by atoms with Gasteiger partial charge in [-0.3, -0.25) is 19.8 Å². The van der Waals surface area contributed by atoms with Crippen molar-refractivity contribution in [3.63, 3.8) is 0 Å². The van der Waals surface area contributed by atoms with Gasteiger partial charge in [0.1, 0.15) is 10.8 Å². The van der Waals surface area contributed by atoms with Crippen LogP contribution >= 0.6 is 24.0 Å². The third kappa shape index (κ3) is 3.19. The molecular weight excluding hydrogens is 351 g/mol. The minimum atomic E-state index is -0.485. The topological polar surface area (TPSA) is 63.4 Å². The minimum absolute atomic E-state index is 0.0173. The largest absolute Gasteiger partial charge is 0.296 e. The highest BCUT2D eigenvalue weighted by molar-refractivity contribution is 8.20. The fourth-order valence-electron chi connectivity index (χ4n) is 2.15. The van der Waals surface area contributed by atoms with Gasteiger partial charge in [-0.1, -0.05) is 18.3 Å². The van der Waals surface area contributed by atoms with E-state index in [-0.39, 0.29) is 15.9 Å². The molecule has 1 aliphatic heterocycles. The summed E-state index contributed by atoms with van der Waals surface area (Å²) in [6.07, 6.45) is 1.67. The number of nitrogens with zero attached hydrogens (tertiary/aromatic N) is 2. The van der Waals surface area contributed by atoms with Crippen LogP contribution in [-0.4, -0.2) is 15.2 Å². The highest BCUT2D eigenvalue weighted by atomic mass is 32.2. The Balaban J connectivity index is 1.89. The highest BCUT2D eigenvalue weighted by Gasteiger charge is 2.33. The van der Waals surface area contributed by atoms with Crippen LogP contribution in [0, 0.1) is 15.9 Å². The number of carbonyl (C=O) groups excluding carboxylic acids is 1. The molecule has 1 fully saturated rings. The number of rotatable bonds is 3. The highest BCUT2D eigenvalue weighted by Crippen LogP contribution is 2.36. The Kier molecular flexibility index (Phi) is 4.41. The van der Waals surface area contributed by atoms with Crippen LogP contribution in [0.5, 0.6) is 0 Å². The Morgan fingerprint density at radius 2 is 1.92 bits per heavy atom. The summed E-state index contributed by atoms with van der Waals surface area (Å²) in [5.41, 5.74) is 1.03. The van der Waals surface area contributed by atoms with Crippen molar-refractivity contribution in [2.24, 2.45) is 0 Å². The third-order valence-corrected chi connectivity index (χ3v) is 4.68. The number of nitro benzene ring substituents is 1. The Bertz CT molecular complexity index is 881. The lowest BCUT2D eigenvalue weighted by Crippen LogP contribution is -2.26. The molecule has 2 aromatic rings. The van der Waals surface area contributed by atoms with Crippen LogP contribution in [0.15, 0.2) is 53.4 Å². The van der Waals surface area contributed by atoms with Crippen LogP contribution in [0.25, 0.3) is 6.08 Å². The van der Waals surface area contributed by atoms with Crippen LogP contribution in [0.1, 0.15) is 5.56 Å². The first kappa shape index (κ1) is 16.3. The molecule has 3 rings (SSSR count). The summed E-state index contributed by atoms with van der Waals surface area (Å²) in [5.74, 6) is -0.458. The molecule has 0 aromatic heterocycles. The first-order chi connectivity index (χ1) is 11.5. The number of hydrogen-bond acceptors (Lipinski definition) is 5. The quantitative estimate of drug-likeness (QED) is 0.341. The van der Waals surface area contributed by atoms with Gasteiger partial charge in [-0.2, -0.15) is 0 Å². The van der Waals surface area contributed by atoms with Crippen molar-refractivity contribution >= 4 is 51.7 Å². The van der Waals surface area contributed by atoms with E-state index in [9.17, 15) is 19.3 Å². The van der Waals surface area contributed by atoms with Crippen LogP contribution in [0.3, 0.4) is 0 Å². The molecule has 1 saturated heterocycles. The maximum atomic E-state index is 13.4. The fraction of sp³-hybridized carbons (Fsp3) is 0. The summed E-state index contributed by atoms with van der Waals surface area (Å²) < 4.78 is 13.4. The van der Waals surface area contributed by atoms with E-state index in [1.165, 1.54) is 35.2 Å². The van der Waals surface area contributed by atoms with Crippen LogP contribution in [0.4, 0.5) is 20.6 Å². The van der Waals surface area contributed by atoms with Gasteiger partial charge in [0.2, 0.25) is 0 Å². The SMILES string of the molecule is O=C1S/C(=C\c2ccc([N+](=O)[O-])cc2)C(=S)N1c1cccc(F)c1. The summed E-state index contributed by atoms with van der Waals surface area (Å²) in [6, 6.07) is 11.5. The molecule has 2 aromatic carbocycles. The fourth-order valence-corrected chi connectivity index (χ4v) is 3.43. The number of amides is 1. The normalized spacial score (nSPS) is 16.0. The maximum absolute atomic E-state index is 13.4. The summed E-state index contributed by atoms with van der Waals surface area (Å²) in [4.78, 5) is 24.4. The van der Waals surface area contributed by atoms with Gasteiger partial charge in [0, 0.05) is 12.1 Å². The lowest BCUT2D eigenvalue weighted by Gasteiger charge is -2.14. The molecule has 1 amide bonds. The Hall–Kier alpha value is -2.58. The van der Waals surface area contributed by atoms with Crippen molar-refractivity contribution in [2.45, 2.75) is 0 Å². The summed E-state index contributed by atoms with van der Waals surface area (Å²) in [6.45, 7) is 0. The molecule has 1 heterocycles. The number of halogens is 1. The number of thiocarbonyl (C=S) groups is 1. The number of hydrogen-bond donors (Lipinski definition) is 0. The first-order valence-electron chi connectivity index (χ1n) is 6.74. The van der Waals surface area contributed by atoms with E-state index >= 15 is 0 Å². The molecule has 0 radical (unpaired) electrons. The van der Waals surface area contributed by atoms with Crippen LogP contribution in [0.2, 0.25) is 0 Å². The van der Waals surface area contributed by atoms with Gasteiger partial charge < -0.3 is 0 Å². The Morgan fingerprint density at radius 3 is 2.54 bits per heavy atom. The second kappa shape index (κ2) is 6.50. The van der Waals surface area contributed by atoms with Crippen LogP contribution in [-0.2, 0) is 0 Å². The summed E-state index contributed by atoms with van der Waals surface area (Å²) >= 11 is 6.25. The average molecular weight is 360 g/mol. The number of nitro groups is 1. The number of carbonyl (C=O) groups is 1. The minimum Gasteiger partial charge on any atom is -0.261 e. The molecule has 0 N–H and O–H groups in total. The molecule has 0 saturated carbocycles. The van der Waals surface area contributed by atoms with Gasteiger partial charge in [0.05, 0.1) is 15.5 Å². The van der Waals surface area contributed by atoms with Crippen molar-refractivity contribution in [1.82, 2.24) is 0 Å². The number of anilines is 1. The molecule has 0 bridgehead atoms. The molecule has 0 spiro atoms. The monoisotopic (exact) mass is 360 g/mol. The molecule has 0 aliphatic carbocycles. The number of thioether (sulfide) groups is 1. The average Bonchev–Trinajstić information content (AvgIpc) is 2.82. The zero-order valence-corrected chi connectivity index (χ0v) is 13.6. The van der Waals surface area contributed by atoms with E-state index in [1.54, 1.807) is 24.3 Å². The van der Waals surface area contributed by atoms with Gasteiger partial charge in [0.25, 0.3) is 10.9 Å². The van der Waals surface area contributed by atoms with Crippen molar-refractivity contribution in [1.29, 1.82) is 0 Å². The Labute approximate surface area is 145 Å². The van der Waals surface area contributed by atoms with Gasteiger partial charge in [-0.05, 0) is 53.7 Å². The molecule has 1 aliphatic rings. The van der Waals surface area contributed by atoms with Crippen molar-refractivity contribution < 1.29 is 14.1 Å². The zero-order chi connectivity index (χ0) is 17.3. The summed E-state index contributed by atoms with van der Waals surface area (Å²) in [7, 11) is 0. The zero-order valence-electron chi connectivity index (χ0n) is 12.0. The predicted molar refractivity (Wildman–Crippen MR) is 95.5 cm³/mol. The van der Waals surface area contributed by atoms with E-state index in [4.69, 9.17) is 12.2 Å². The third-order valence-electron chi connectivity index (χ3n) is 3.26. The van der Waals surface area contributed by atoms with Gasteiger partial charge in [-0.15, -0.1) is 0 Å². The van der Waals surface area contributed by atoms with E-state index in [2.05, 4.69) is 0 Å². The van der Waals surface area contributed by atoms with Crippen molar-refractivity contribution in [3.8, 4) is 0 Å². The van der Waals surface area contributed by atoms with Gasteiger partial charge in [-0.25, -0.2) is 4.39 Å². The number of benzene rings is 2. The van der Waals surface area contributed by atoms with Crippen LogP contribution < -0.4 is 4.90 Å². The Morgan fingerprint density at radius 1 is 1.21 bits per heavy atom. The van der Waals surface area contributed by atoms with E-state index in [1.807, 2.05) is 0 Å². The molecule has 0 unspecified atom stereocenters. The second-order valence-electron chi connectivity index (χ2n) is 4.85. The lowest BCUT2D eigenvalue weighted by atomic mass is 10.2. The maximum Gasteiger partial charge on any atom is 0.296 e. The molecule has 24 heavy (non-hydrogen) atoms. The molecular formula is C16H9FN2O3S2. The second-order valence-corrected chi connectivity index (χ2v) is 6.23. The van der Waals surface area contributed by atoms with Gasteiger partial charge >= 0.3 is 0 Å². The molecule has 120 valence electrons. The predicted octanol–water partition coefficient (Wildman–Crippen LogP) is 4.78. The molecule has 8 heteroatoms. The number of non-ortho nitro benzene ring substituents is 1. The van der Waals surface area contributed by atoms with E-state index in [0.717, 1.165) is 11.8 Å².